The highest BCUT2D eigenvalue weighted by molar-refractivity contribution is 7.29. The first-order chi connectivity index (χ1) is 14.4. The van der Waals surface area contributed by atoms with E-state index < -0.39 is 0 Å². The molecule has 0 aliphatic rings. The zero-order valence-corrected chi connectivity index (χ0v) is 19.7. The number of anilines is 2. The number of carbonyl (C=O) groups is 1. The van der Waals surface area contributed by atoms with Crippen molar-refractivity contribution in [3.8, 4) is 11.5 Å². The van der Waals surface area contributed by atoms with Crippen molar-refractivity contribution in [1.82, 2.24) is 9.88 Å². The molecule has 0 radical (unpaired) electrons. The summed E-state index contributed by atoms with van der Waals surface area (Å²) in [5, 5.41) is 3.89. The molecule has 0 aliphatic carbocycles. The zero-order chi connectivity index (χ0) is 21.7. The van der Waals surface area contributed by atoms with Gasteiger partial charge in [0.15, 0.2) is 16.6 Å². The summed E-state index contributed by atoms with van der Waals surface area (Å²) in [4.78, 5) is 23.1. The molecule has 7 nitrogen and oxygen atoms in total. The topological polar surface area (TPSA) is 66.9 Å². The van der Waals surface area contributed by atoms with Crippen molar-refractivity contribution < 1.29 is 14.3 Å². The lowest BCUT2D eigenvalue weighted by atomic mass is 10.2. The average Bonchev–Trinajstić information content (AvgIpc) is 3.31. The minimum Gasteiger partial charge on any atom is -0.493 e. The Bertz CT molecular complexity index is 964. The van der Waals surface area contributed by atoms with Crippen LogP contribution in [0.1, 0.15) is 23.5 Å². The van der Waals surface area contributed by atoms with Gasteiger partial charge < -0.3 is 24.6 Å². The third-order valence-electron chi connectivity index (χ3n) is 4.67. The number of thiophene rings is 1. The molecule has 2 aromatic heterocycles. The van der Waals surface area contributed by atoms with E-state index in [1.807, 2.05) is 31.1 Å². The molecule has 0 unspecified atom stereocenters. The third kappa shape index (κ3) is 5.21. The summed E-state index contributed by atoms with van der Waals surface area (Å²) in [6.07, 6.45) is 0. The summed E-state index contributed by atoms with van der Waals surface area (Å²) < 4.78 is 12.4. The molecule has 0 aliphatic heterocycles. The number of thiazole rings is 1. The van der Waals surface area contributed by atoms with Gasteiger partial charge in [-0.1, -0.05) is 25.2 Å². The molecule has 1 N–H and O–H groups in total. The van der Waals surface area contributed by atoms with Crippen LogP contribution in [0.3, 0.4) is 0 Å². The SMILES string of the molecule is CCN(CC)CCOc1cc(NC(=O)c2cc3sc(N(C)C)nc3s2)ccc1OC. The number of hydrogen-bond acceptors (Lipinski definition) is 8. The Kier molecular flexibility index (Phi) is 7.52. The van der Waals surface area contributed by atoms with E-state index in [0.29, 0.717) is 28.7 Å². The standard InChI is InChI=1S/C21H28N4O3S2/c1-6-25(7-2)10-11-28-16-12-14(8-9-15(16)27-5)22-19(26)17-13-18-20(29-17)23-21(30-18)24(3)4/h8-9,12-13H,6-7,10-11H2,1-5H3,(H,22,26). The van der Waals surface area contributed by atoms with Gasteiger partial charge in [0.2, 0.25) is 0 Å². The van der Waals surface area contributed by atoms with E-state index in [1.165, 1.54) is 11.3 Å². The van der Waals surface area contributed by atoms with Crippen molar-refractivity contribution in [2.75, 3.05) is 57.7 Å². The van der Waals surface area contributed by atoms with Crippen molar-refractivity contribution in [2.45, 2.75) is 13.8 Å². The van der Waals surface area contributed by atoms with Gasteiger partial charge in [-0.25, -0.2) is 4.98 Å². The van der Waals surface area contributed by atoms with Gasteiger partial charge in [0, 0.05) is 32.4 Å². The molecule has 0 spiro atoms. The number of benzene rings is 1. The summed E-state index contributed by atoms with van der Waals surface area (Å²) in [7, 11) is 5.53. The zero-order valence-electron chi connectivity index (χ0n) is 18.0. The van der Waals surface area contributed by atoms with E-state index in [0.717, 1.165) is 34.3 Å². The first-order valence-electron chi connectivity index (χ1n) is 9.87. The maximum atomic E-state index is 12.7. The van der Waals surface area contributed by atoms with Gasteiger partial charge in [0.05, 0.1) is 16.7 Å². The lowest BCUT2D eigenvalue weighted by Crippen LogP contribution is -2.28. The van der Waals surface area contributed by atoms with Gasteiger partial charge in [-0.05, 0) is 31.3 Å². The Morgan fingerprint density at radius 3 is 2.53 bits per heavy atom. The fourth-order valence-corrected chi connectivity index (χ4v) is 4.94. The van der Waals surface area contributed by atoms with Crippen LogP contribution in [0.15, 0.2) is 24.3 Å². The number of carbonyl (C=O) groups excluding carboxylic acids is 1. The minimum atomic E-state index is -0.157. The fraction of sp³-hybridized carbons (Fsp3) is 0.429. The summed E-state index contributed by atoms with van der Waals surface area (Å²) in [6, 6.07) is 7.31. The molecule has 0 saturated heterocycles. The molecule has 1 aromatic carbocycles. The van der Waals surface area contributed by atoms with Gasteiger partial charge >= 0.3 is 0 Å². The van der Waals surface area contributed by atoms with Crippen LogP contribution >= 0.6 is 22.7 Å². The highest BCUT2D eigenvalue weighted by Gasteiger charge is 2.16. The van der Waals surface area contributed by atoms with Gasteiger partial charge in [-0.2, -0.15) is 0 Å². The number of methoxy groups -OCH3 is 1. The summed E-state index contributed by atoms with van der Waals surface area (Å²) in [6.45, 7) is 7.61. The Morgan fingerprint density at radius 1 is 1.13 bits per heavy atom. The Balaban J connectivity index is 1.69. The van der Waals surface area contributed by atoms with E-state index in [1.54, 1.807) is 30.6 Å². The van der Waals surface area contributed by atoms with Crippen LogP contribution in [-0.4, -0.2) is 63.2 Å². The first-order valence-corrected chi connectivity index (χ1v) is 11.5. The quantitative estimate of drug-likeness (QED) is 0.496. The van der Waals surface area contributed by atoms with Crippen LogP contribution in [-0.2, 0) is 0 Å². The van der Waals surface area contributed by atoms with E-state index in [2.05, 4.69) is 29.0 Å². The third-order valence-corrected chi connectivity index (χ3v) is 6.99. The van der Waals surface area contributed by atoms with E-state index in [4.69, 9.17) is 9.47 Å². The summed E-state index contributed by atoms with van der Waals surface area (Å²) in [5.74, 6) is 1.10. The van der Waals surface area contributed by atoms with Crippen molar-refractivity contribution >= 4 is 48.9 Å². The molecule has 0 fully saturated rings. The molecule has 0 bridgehead atoms. The molecule has 3 aromatic rings. The monoisotopic (exact) mass is 448 g/mol. The molecule has 0 saturated carbocycles. The van der Waals surface area contributed by atoms with Crippen molar-refractivity contribution in [2.24, 2.45) is 0 Å². The number of hydrogen-bond donors (Lipinski definition) is 1. The molecule has 1 amide bonds. The average molecular weight is 449 g/mol. The van der Waals surface area contributed by atoms with E-state index in [-0.39, 0.29) is 5.91 Å². The van der Waals surface area contributed by atoms with E-state index in [9.17, 15) is 4.79 Å². The second-order valence-corrected chi connectivity index (χ2v) is 8.91. The van der Waals surface area contributed by atoms with Gasteiger partial charge in [0.25, 0.3) is 5.91 Å². The van der Waals surface area contributed by atoms with Crippen LogP contribution in [0, 0.1) is 0 Å². The normalized spacial score (nSPS) is 11.1. The Hall–Kier alpha value is -2.36. The van der Waals surface area contributed by atoms with Gasteiger partial charge in [-0.15, -0.1) is 11.3 Å². The van der Waals surface area contributed by atoms with Crippen molar-refractivity contribution in [1.29, 1.82) is 0 Å². The Labute approximate surface area is 185 Å². The number of aromatic nitrogens is 1. The van der Waals surface area contributed by atoms with Crippen LogP contribution in [0.4, 0.5) is 10.8 Å². The molecular weight excluding hydrogens is 420 g/mol. The molecular formula is C21H28N4O3S2. The molecule has 9 heteroatoms. The van der Waals surface area contributed by atoms with Crippen molar-refractivity contribution in [3.05, 3.63) is 29.1 Å². The van der Waals surface area contributed by atoms with Crippen molar-refractivity contribution in [3.63, 3.8) is 0 Å². The highest BCUT2D eigenvalue weighted by Crippen LogP contribution is 2.35. The number of ether oxygens (including phenoxy) is 2. The second-order valence-electron chi connectivity index (χ2n) is 6.87. The molecule has 162 valence electrons. The van der Waals surface area contributed by atoms with Crippen LogP contribution in [0.2, 0.25) is 0 Å². The smallest absolute Gasteiger partial charge is 0.265 e. The lowest BCUT2D eigenvalue weighted by Gasteiger charge is -2.19. The highest BCUT2D eigenvalue weighted by atomic mass is 32.1. The molecule has 0 atom stereocenters. The number of nitrogens with one attached hydrogen (secondary N) is 1. The molecule has 30 heavy (non-hydrogen) atoms. The van der Waals surface area contributed by atoms with E-state index >= 15 is 0 Å². The molecule has 3 rings (SSSR count). The number of likely N-dealkylation sites (N-methyl/N-ethyl adjacent to an activating group) is 1. The van der Waals surface area contributed by atoms with Gasteiger partial charge in [-0.3, -0.25) is 4.79 Å². The fourth-order valence-electron chi connectivity index (χ4n) is 2.91. The number of rotatable bonds is 10. The van der Waals surface area contributed by atoms with Crippen LogP contribution in [0.5, 0.6) is 11.5 Å². The summed E-state index contributed by atoms with van der Waals surface area (Å²) in [5.41, 5.74) is 0.664. The molecule has 2 heterocycles. The van der Waals surface area contributed by atoms with Crippen LogP contribution < -0.4 is 19.7 Å². The van der Waals surface area contributed by atoms with Crippen LogP contribution in [0.25, 0.3) is 9.53 Å². The maximum Gasteiger partial charge on any atom is 0.265 e. The first kappa shape index (κ1) is 22.3. The number of amides is 1. The maximum absolute atomic E-state index is 12.7. The summed E-state index contributed by atoms with van der Waals surface area (Å²) >= 11 is 2.97. The minimum absolute atomic E-state index is 0.157. The largest absolute Gasteiger partial charge is 0.493 e. The second kappa shape index (κ2) is 10.1. The predicted octanol–water partition coefficient (Wildman–Crippen LogP) is 4.41. The number of nitrogens with zero attached hydrogens (tertiary/aromatic N) is 3. The Morgan fingerprint density at radius 2 is 1.90 bits per heavy atom. The lowest BCUT2D eigenvalue weighted by molar-refractivity contribution is 0.103. The van der Waals surface area contributed by atoms with Gasteiger partial charge in [0.1, 0.15) is 11.4 Å². The number of fused-ring (bicyclic) bond motifs is 1. The predicted molar refractivity (Wildman–Crippen MR) is 126 cm³/mol.